The lowest BCUT2D eigenvalue weighted by Gasteiger charge is -2.39. The molecule has 1 fully saturated rings. The van der Waals surface area contributed by atoms with Gasteiger partial charge in [0.25, 0.3) is 0 Å². The van der Waals surface area contributed by atoms with Gasteiger partial charge in [0.15, 0.2) is 0 Å². The van der Waals surface area contributed by atoms with E-state index < -0.39 is 35.9 Å². The van der Waals surface area contributed by atoms with Crippen LogP contribution in [0.3, 0.4) is 0 Å². The highest BCUT2D eigenvalue weighted by atomic mass is 19.1. The van der Waals surface area contributed by atoms with Crippen LogP contribution in [0.1, 0.15) is 43.0 Å². The third kappa shape index (κ3) is 6.18. The Hall–Kier alpha value is -3.40. The Labute approximate surface area is 218 Å². The summed E-state index contributed by atoms with van der Waals surface area (Å²) in [4.78, 5) is 18.5. The van der Waals surface area contributed by atoms with Crippen LogP contribution in [0.25, 0.3) is 10.9 Å². The number of pyridine rings is 1. The molecule has 0 saturated carbocycles. The average Bonchev–Trinajstić information content (AvgIpc) is 2.90. The van der Waals surface area contributed by atoms with Crippen molar-refractivity contribution in [2.75, 3.05) is 33.4 Å². The molecule has 2 aromatic carbocycles. The number of alkyl halides is 2. The monoisotopic (exact) mass is 534 g/mol. The maximum atomic E-state index is 15.7. The standard InChI is InChI=1S/C28H30F4N2O4/c1-37-21-2-3-25-23(15-21)26(18(16-29)17-33-25)24(32)4-5-28(27(35)36)6-8-34(9-7-28)10-11-38-22-13-19(30)12-20(31)14-22/h2-3,12-15,17,24H,4-11,16H2,1H3,(H,35,36)/t24-/m1/s1. The zero-order chi connectivity index (χ0) is 27.3. The van der Waals surface area contributed by atoms with Gasteiger partial charge in [0.05, 0.1) is 18.0 Å². The van der Waals surface area contributed by atoms with Crippen molar-refractivity contribution in [3.63, 3.8) is 0 Å². The van der Waals surface area contributed by atoms with Crippen molar-refractivity contribution < 1.29 is 36.9 Å². The number of benzene rings is 2. The first-order chi connectivity index (χ1) is 18.2. The number of rotatable bonds is 11. The van der Waals surface area contributed by atoms with E-state index in [9.17, 15) is 23.1 Å². The summed E-state index contributed by atoms with van der Waals surface area (Å²) in [5.74, 6) is -1.87. The number of halogens is 4. The second-order valence-electron chi connectivity index (χ2n) is 9.60. The van der Waals surface area contributed by atoms with Gasteiger partial charge in [-0.05, 0) is 57.0 Å². The number of carbonyl (C=O) groups is 1. The second-order valence-corrected chi connectivity index (χ2v) is 9.60. The summed E-state index contributed by atoms with van der Waals surface area (Å²) in [5.41, 5.74) is -0.287. The molecule has 1 aliphatic heterocycles. The molecule has 1 aromatic heterocycles. The van der Waals surface area contributed by atoms with E-state index in [0.717, 1.165) is 18.2 Å². The number of ether oxygens (including phenoxy) is 2. The molecule has 0 spiro atoms. The Morgan fingerprint density at radius 1 is 1.13 bits per heavy atom. The molecule has 3 aromatic rings. The summed E-state index contributed by atoms with van der Waals surface area (Å²) in [7, 11) is 1.48. The summed E-state index contributed by atoms with van der Waals surface area (Å²) < 4.78 is 66.8. The number of nitrogens with zero attached hydrogens (tertiary/aromatic N) is 2. The molecule has 1 atom stereocenters. The number of hydrogen-bond donors (Lipinski definition) is 1. The number of hydrogen-bond acceptors (Lipinski definition) is 5. The molecule has 0 unspecified atom stereocenters. The van der Waals surface area contributed by atoms with Crippen molar-refractivity contribution in [2.45, 2.75) is 38.5 Å². The molecular formula is C28H30F4N2O4. The van der Waals surface area contributed by atoms with E-state index in [4.69, 9.17) is 9.47 Å². The van der Waals surface area contributed by atoms with Crippen LogP contribution < -0.4 is 9.47 Å². The van der Waals surface area contributed by atoms with Gasteiger partial charge in [0.2, 0.25) is 0 Å². The van der Waals surface area contributed by atoms with E-state index in [1.165, 1.54) is 13.3 Å². The van der Waals surface area contributed by atoms with E-state index in [2.05, 4.69) is 4.98 Å². The quantitative estimate of drug-likeness (QED) is 0.303. The van der Waals surface area contributed by atoms with E-state index in [1.54, 1.807) is 18.2 Å². The molecule has 6 nitrogen and oxygen atoms in total. The summed E-state index contributed by atoms with van der Waals surface area (Å²) in [6.45, 7) is 0.647. The van der Waals surface area contributed by atoms with Crippen LogP contribution in [0, 0.1) is 17.0 Å². The predicted octanol–water partition coefficient (Wildman–Crippen LogP) is 6.03. The Morgan fingerprint density at radius 2 is 1.84 bits per heavy atom. The molecule has 1 aliphatic rings. The first-order valence-electron chi connectivity index (χ1n) is 12.4. The molecule has 0 aliphatic carbocycles. The Bertz CT molecular complexity index is 1260. The molecule has 1 saturated heterocycles. The van der Waals surface area contributed by atoms with Gasteiger partial charge in [-0.25, -0.2) is 17.6 Å². The van der Waals surface area contributed by atoms with E-state index in [0.29, 0.717) is 49.1 Å². The lowest BCUT2D eigenvalue weighted by Crippen LogP contribution is -2.45. The van der Waals surface area contributed by atoms with Crippen molar-refractivity contribution >= 4 is 16.9 Å². The fourth-order valence-electron chi connectivity index (χ4n) is 5.06. The Morgan fingerprint density at radius 3 is 2.47 bits per heavy atom. The van der Waals surface area contributed by atoms with Crippen LogP contribution in [0.4, 0.5) is 17.6 Å². The minimum absolute atomic E-state index is 0.0795. The number of methoxy groups -OCH3 is 1. The molecule has 0 amide bonds. The molecule has 204 valence electrons. The molecule has 1 N–H and O–H groups in total. The summed E-state index contributed by atoms with van der Waals surface area (Å²) in [6, 6.07) is 7.94. The van der Waals surface area contributed by atoms with E-state index >= 15 is 4.39 Å². The smallest absolute Gasteiger partial charge is 0.309 e. The third-order valence-electron chi connectivity index (χ3n) is 7.31. The second kappa shape index (κ2) is 12.0. The van der Waals surface area contributed by atoms with Crippen LogP contribution in [0.5, 0.6) is 11.5 Å². The summed E-state index contributed by atoms with van der Waals surface area (Å²) >= 11 is 0. The predicted molar refractivity (Wildman–Crippen MR) is 134 cm³/mol. The number of likely N-dealkylation sites (tertiary alicyclic amines) is 1. The Kier molecular flexibility index (Phi) is 8.71. The maximum Gasteiger partial charge on any atom is 0.309 e. The van der Waals surface area contributed by atoms with Gasteiger partial charge in [0, 0.05) is 47.5 Å². The molecule has 0 bridgehead atoms. The van der Waals surface area contributed by atoms with Crippen LogP contribution in [-0.4, -0.2) is 54.3 Å². The SMILES string of the molecule is COc1ccc2ncc(CF)c([C@H](F)CCC3(C(=O)O)CCN(CCOc4cc(F)cc(F)c4)CC3)c2c1. The number of carboxylic acid groups (broad SMARTS) is 1. The molecule has 0 radical (unpaired) electrons. The molecule has 10 heteroatoms. The van der Waals surface area contributed by atoms with Gasteiger partial charge in [-0.15, -0.1) is 0 Å². The average molecular weight is 535 g/mol. The van der Waals surface area contributed by atoms with Crippen molar-refractivity contribution in [3.05, 3.63) is 65.4 Å². The minimum atomic E-state index is -1.58. The van der Waals surface area contributed by atoms with Crippen molar-refractivity contribution in [2.24, 2.45) is 5.41 Å². The largest absolute Gasteiger partial charge is 0.497 e. The van der Waals surface area contributed by atoms with Gasteiger partial charge in [-0.3, -0.25) is 14.7 Å². The van der Waals surface area contributed by atoms with Gasteiger partial charge in [-0.1, -0.05) is 0 Å². The zero-order valence-electron chi connectivity index (χ0n) is 21.1. The molecule has 4 rings (SSSR count). The highest BCUT2D eigenvalue weighted by Gasteiger charge is 2.41. The van der Waals surface area contributed by atoms with Crippen molar-refractivity contribution in [1.29, 1.82) is 0 Å². The minimum Gasteiger partial charge on any atom is -0.497 e. The maximum absolute atomic E-state index is 15.7. The lowest BCUT2D eigenvalue weighted by atomic mass is 9.74. The van der Waals surface area contributed by atoms with Crippen molar-refractivity contribution in [1.82, 2.24) is 9.88 Å². The van der Waals surface area contributed by atoms with Crippen LogP contribution >= 0.6 is 0 Å². The highest BCUT2D eigenvalue weighted by molar-refractivity contribution is 5.85. The van der Waals surface area contributed by atoms with Crippen LogP contribution in [0.15, 0.2) is 42.6 Å². The first kappa shape index (κ1) is 27.6. The molecule has 38 heavy (non-hydrogen) atoms. The van der Waals surface area contributed by atoms with Gasteiger partial charge in [-0.2, -0.15) is 0 Å². The fraction of sp³-hybridized carbons (Fsp3) is 0.429. The summed E-state index contributed by atoms with van der Waals surface area (Å²) in [6.07, 6.45) is 0.379. The van der Waals surface area contributed by atoms with Crippen molar-refractivity contribution in [3.8, 4) is 11.5 Å². The summed E-state index contributed by atoms with van der Waals surface area (Å²) in [5, 5.41) is 10.5. The topological polar surface area (TPSA) is 71.9 Å². The van der Waals surface area contributed by atoms with E-state index in [-0.39, 0.29) is 36.3 Å². The number of piperidine rings is 1. The third-order valence-corrected chi connectivity index (χ3v) is 7.31. The molecular weight excluding hydrogens is 504 g/mol. The fourth-order valence-corrected chi connectivity index (χ4v) is 5.06. The number of aliphatic carboxylic acids is 1. The molecule has 2 heterocycles. The zero-order valence-corrected chi connectivity index (χ0v) is 21.1. The van der Waals surface area contributed by atoms with Gasteiger partial charge < -0.3 is 14.6 Å². The normalized spacial score (nSPS) is 16.3. The van der Waals surface area contributed by atoms with Crippen LogP contribution in [-0.2, 0) is 11.5 Å². The van der Waals surface area contributed by atoms with Gasteiger partial charge in [0.1, 0.15) is 42.6 Å². The number of carboxylic acids is 1. The Balaban J connectivity index is 1.39. The first-order valence-corrected chi connectivity index (χ1v) is 12.4. The lowest BCUT2D eigenvalue weighted by molar-refractivity contribution is -0.153. The number of fused-ring (bicyclic) bond motifs is 1. The van der Waals surface area contributed by atoms with Gasteiger partial charge >= 0.3 is 5.97 Å². The van der Waals surface area contributed by atoms with E-state index in [1.807, 2.05) is 4.90 Å². The van der Waals surface area contributed by atoms with Crippen LogP contribution in [0.2, 0.25) is 0 Å². The number of aromatic nitrogens is 1. The highest BCUT2D eigenvalue weighted by Crippen LogP contribution is 2.41.